The number of nitrogens with one attached hydrogen (secondary N) is 1. The summed E-state index contributed by atoms with van der Waals surface area (Å²) >= 11 is 0. The van der Waals surface area contributed by atoms with Gasteiger partial charge in [-0.2, -0.15) is 0 Å². The van der Waals surface area contributed by atoms with E-state index < -0.39 is 0 Å². The van der Waals surface area contributed by atoms with E-state index in [1.807, 2.05) is 13.1 Å². The first kappa shape index (κ1) is 11.5. The minimum atomic E-state index is 0.435. The van der Waals surface area contributed by atoms with Crippen molar-refractivity contribution < 1.29 is 4.74 Å². The molecule has 1 fully saturated rings. The second-order valence-corrected chi connectivity index (χ2v) is 4.58. The van der Waals surface area contributed by atoms with Crippen LogP contribution < -0.4 is 10.1 Å². The molecule has 0 amide bonds. The lowest BCUT2D eigenvalue weighted by Crippen LogP contribution is -2.15. The monoisotopic (exact) mass is 219 g/mol. The zero-order valence-corrected chi connectivity index (χ0v) is 10.2. The van der Waals surface area contributed by atoms with Crippen molar-refractivity contribution >= 4 is 0 Å². The normalized spacial score (nSPS) is 17.1. The van der Waals surface area contributed by atoms with Gasteiger partial charge in [0.05, 0.1) is 6.61 Å². The van der Waals surface area contributed by atoms with Gasteiger partial charge in [0, 0.05) is 6.04 Å². The van der Waals surface area contributed by atoms with Crippen LogP contribution in [0.2, 0.25) is 0 Å². The summed E-state index contributed by atoms with van der Waals surface area (Å²) in [4.78, 5) is 0. The third kappa shape index (κ3) is 2.99. The Hall–Kier alpha value is -1.02. The molecule has 0 heterocycles. The maximum absolute atomic E-state index is 5.78. The molecule has 1 aliphatic rings. The van der Waals surface area contributed by atoms with Crippen molar-refractivity contribution in [2.45, 2.75) is 32.2 Å². The van der Waals surface area contributed by atoms with Crippen LogP contribution in [-0.4, -0.2) is 13.7 Å². The Morgan fingerprint density at radius 3 is 2.88 bits per heavy atom. The molecule has 2 rings (SSSR count). The highest BCUT2D eigenvalue weighted by molar-refractivity contribution is 5.30. The lowest BCUT2D eigenvalue weighted by atomic mass is 10.0. The van der Waals surface area contributed by atoms with Gasteiger partial charge in [-0.3, -0.25) is 0 Å². The van der Waals surface area contributed by atoms with Gasteiger partial charge < -0.3 is 10.1 Å². The highest BCUT2D eigenvalue weighted by Gasteiger charge is 2.21. The van der Waals surface area contributed by atoms with Gasteiger partial charge in [-0.05, 0) is 49.9 Å². The molecule has 1 saturated carbocycles. The third-order valence-electron chi connectivity index (χ3n) is 3.20. The van der Waals surface area contributed by atoms with E-state index in [9.17, 15) is 0 Å². The van der Waals surface area contributed by atoms with Crippen LogP contribution in [0.5, 0.6) is 5.75 Å². The van der Waals surface area contributed by atoms with Crippen LogP contribution >= 0.6 is 0 Å². The molecule has 0 unspecified atom stereocenters. The molecule has 16 heavy (non-hydrogen) atoms. The van der Waals surface area contributed by atoms with E-state index in [0.29, 0.717) is 6.04 Å². The number of hydrogen-bond acceptors (Lipinski definition) is 2. The summed E-state index contributed by atoms with van der Waals surface area (Å²) in [5.41, 5.74) is 1.32. The fourth-order valence-electron chi connectivity index (χ4n) is 1.93. The second kappa shape index (κ2) is 5.35. The highest BCUT2D eigenvalue weighted by atomic mass is 16.5. The van der Waals surface area contributed by atoms with Crippen molar-refractivity contribution in [1.29, 1.82) is 0 Å². The van der Waals surface area contributed by atoms with E-state index in [1.54, 1.807) is 0 Å². The van der Waals surface area contributed by atoms with Crippen LogP contribution in [0.3, 0.4) is 0 Å². The number of hydrogen-bond donors (Lipinski definition) is 1. The molecule has 2 heteroatoms. The number of rotatable bonds is 6. The van der Waals surface area contributed by atoms with Crippen molar-refractivity contribution in [1.82, 2.24) is 5.32 Å². The van der Waals surface area contributed by atoms with Crippen LogP contribution in [0, 0.1) is 5.92 Å². The molecular formula is C14H21NO. The van der Waals surface area contributed by atoms with E-state index >= 15 is 0 Å². The summed E-state index contributed by atoms with van der Waals surface area (Å²) in [7, 11) is 2.01. The fraction of sp³-hybridized carbons (Fsp3) is 0.571. The fourth-order valence-corrected chi connectivity index (χ4v) is 1.93. The van der Waals surface area contributed by atoms with Gasteiger partial charge >= 0.3 is 0 Å². The molecule has 0 radical (unpaired) electrons. The summed E-state index contributed by atoms with van der Waals surface area (Å²) in [5.74, 6) is 1.83. The Balaban J connectivity index is 1.99. The van der Waals surface area contributed by atoms with Crippen LogP contribution in [-0.2, 0) is 0 Å². The Morgan fingerprint density at radius 1 is 1.44 bits per heavy atom. The van der Waals surface area contributed by atoms with Gasteiger partial charge in [0.15, 0.2) is 0 Å². The van der Waals surface area contributed by atoms with Gasteiger partial charge in [0.2, 0.25) is 0 Å². The lowest BCUT2D eigenvalue weighted by molar-refractivity contribution is 0.299. The maximum atomic E-state index is 5.78. The van der Waals surface area contributed by atoms with E-state index in [0.717, 1.165) is 24.7 Å². The minimum Gasteiger partial charge on any atom is -0.493 e. The van der Waals surface area contributed by atoms with Gasteiger partial charge in [-0.25, -0.2) is 0 Å². The largest absolute Gasteiger partial charge is 0.493 e. The van der Waals surface area contributed by atoms with Gasteiger partial charge in [0.1, 0.15) is 5.75 Å². The molecule has 1 aromatic carbocycles. The highest BCUT2D eigenvalue weighted by Crippen LogP contribution is 2.30. The average Bonchev–Trinajstić information content (AvgIpc) is 3.13. The first-order chi connectivity index (χ1) is 7.83. The molecule has 1 aliphatic carbocycles. The molecule has 0 aromatic heterocycles. The van der Waals surface area contributed by atoms with E-state index in [4.69, 9.17) is 4.74 Å². The SMILES string of the molecule is CC[C@@H](NC)c1cccc(OCC2CC2)c1. The summed E-state index contributed by atoms with van der Waals surface area (Å²) in [5, 5.41) is 3.32. The molecule has 0 bridgehead atoms. The molecule has 0 aliphatic heterocycles. The van der Waals surface area contributed by atoms with Crippen LogP contribution in [0.25, 0.3) is 0 Å². The summed E-state index contributed by atoms with van der Waals surface area (Å²) in [6, 6.07) is 8.89. The van der Waals surface area contributed by atoms with E-state index in [2.05, 4.69) is 30.4 Å². The molecule has 0 spiro atoms. The quantitative estimate of drug-likeness (QED) is 0.793. The van der Waals surface area contributed by atoms with Crippen molar-refractivity contribution in [3.8, 4) is 5.75 Å². The van der Waals surface area contributed by atoms with Crippen molar-refractivity contribution in [2.75, 3.05) is 13.7 Å². The third-order valence-corrected chi connectivity index (χ3v) is 3.20. The Morgan fingerprint density at radius 2 is 2.25 bits per heavy atom. The topological polar surface area (TPSA) is 21.3 Å². The standard InChI is InChI=1S/C14H21NO/c1-3-14(15-2)12-5-4-6-13(9-12)16-10-11-7-8-11/h4-6,9,11,14-15H,3,7-8,10H2,1-2H3/t14-/m1/s1. The van der Waals surface area contributed by atoms with Gasteiger partial charge in [-0.15, -0.1) is 0 Å². The summed E-state index contributed by atoms with van der Waals surface area (Å²) < 4.78 is 5.78. The lowest BCUT2D eigenvalue weighted by Gasteiger charge is -2.15. The van der Waals surface area contributed by atoms with Gasteiger partial charge in [-0.1, -0.05) is 19.1 Å². The number of benzene rings is 1. The molecular weight excluding hydrogens is 198 g/mol. The first-order valence-corrected chi connectivity index (χ1v) is 6.23. The zero-order chi connectivity index (χ0) is 11.4. The predicted molar refractivity (Wildman–Crippen MR) is 66.8 cm³/mol. The summed E-state index contributed by atoms with van der Waals surface area (Å²) in [6.07, 6.45) is 3.78. The van der Waals surface area contributed by atoms with Gasteiger partial charge in [0.25, 0.3) is 0 Å². The first-order valence-electron chi connectivity index (χ1n) is 6.23. The van der Waals surface area contributed by atoms with Crippen LogP contribution in [0.15, 0.2) is 24.3 Å². The maximum Gasteiger partial charge on any atom is 0.119 e. The molecule has 1 N–H and O–H groups in total. The Kier molecular flexibility index (Phi) is 3.83. The molecule has 2 nitrogen and oxygen atoms in total. The van der Waals surface area contributed by atoms with E-state index in [-0.39, 0.29) is 0 Å². The molecule has 1 aromatic rings. The molecule has 0 saturated heterocycles. The minimum absolute atomic E-state index is 0.435. The Labute approximate surface area is 98.0 Å². The van der Waals surface area contributed by atoms with Crippen LogP contribution in [0.4, 0.5) is 0 Å². The average molecular weight is 219 g/mol. The molecule has 1 atom stereocenters. The van der Waals surface area contributed by atoms with E-state index in [1.165, 1.54) is 18.4 Å². The molecule has 88 valence electrons. The smallest absolute Gasteiger partial charge is 0.119 e. The Bertz CT molecular complexity index is 329. The van der Waals surface area contributed by atoms with Crippen LogP contribution in [0.1, 0.15) is 37.8 Å². The zero-order valence-electron chi connectivity index (χ0n) is 10.2. The predicted octanol–water partition coefficient (Wildman–Crippen LogP) is 3.15. The van der Waals surface area contributed by atoms with Crippen molar-refractivity contribution in [3.63, 3.8) is 0 Å². The van der Waals surface area contributed by atoms with Crippen molar-refractivity contribution in [2.24, 2.45) is 5.92 Å². The second-order valence-electron chi connectivity index (χ2n) is 4.58. The van der Waals surface area contributed by atoms with Crippen molar-refractivity contribution in [3.05, 3.63) is 29.8 Å². The number of ether oxygens (including phenoxy) is 1. The summed E-state index contributed by atoms with van der Waals surface area (Å²) in [6.45, 7) is 3.08.